The van der Waals surface area contributed by atoms with E-state index in [9.17, 15) is 0 Å². The molecule has 4 heteroatoms. The zero-order valence-electron chi connectivity index (χ0n) is 7.30. The van der Waals surface area contributed by atoms with Crippen LogP contribution in [0, 0.1) is 6.92 Å². The average Bonchev–Trinajstić information content (AvgIpc) is 2.09. The minimum atomic E-state index is 0.679. The average molecular weight is 233 g/mol. The fraction of sp³-hybridized carbons (Fsp3) is 0.375. The van der Waals surface area contributed by atoms with Crippen LogP contribution in [0.5, 0.6) is 5.88 Å². The highest BCUT2D eigenvalue weighted by atomic mass is 79.9. The molecule has 1 heterocycles. The van der Waals surface area contributed by atoms with E-state index in [-0.39, 0.29) is 0 Å². The Morgan fingerprint density at radius 1 is 1.33 bits per heavy atom. The van der Waals surface area contributed by atoms with Crippen LogP contribution in [0.2, 0.25) is 0 Å². The SMILES string of the molecule is COc1ccc(Br)c(C)[n+]1OC. The Kier molecular flexibility index (Phi) is 2.92. The minimum Gasteiger partial charge on any atom is -0.445 e. The topological polar surface area (TPSA) is 22.3 Å². The molecule has 0 aromatic carbocycles. The maximum Gasteiger partial charge on any atom is 0.417 e. The quantitative estimate of drug-likeness (QED) is 0.714. The second-order valence-electron chi connectivity index (χ2n) is 2.29. The molecule has 0 atom stereocenters. The molecule has 0 spiro atoms. The lowest BCUT2D eigenvalue weighted by atomic mass is 10.4. The summed E-state index contributed by atoms with van der Waals surface area (Å²) >= 11 is 3.39. The van der Waals surface area contributed by atoms with E-state index in [2.05, 4.69) is 15.9 Å². The van der Waals surface area contributed by atoms with Gasteiger partial charge in [0.1, 0.15) is 7.11 Å². The minimum absolute atomic E-state index is 0.679. The Morgan fingerprint density at radius 2 is 2.00 bits per heavy atom. The molecule has 0 saturated carbocycles. The highest BCUT2D eigenvalue weighted by Crippen LogP contribution is 2.14. The van der Waals surface area contributed by atoms with Gasteiger partial charge in [-0.3, -0.25) is 4.84 Å². The molecule has 1 rings (SSSR count). The van der Waals surface area contributed by atoms with Gasteiger partial charge in [0, 0.05) is 6.92 Å². The fourth-order valence-corrected chi connectivity index (χ4v) is 1.27. The number of nitrogens with zero attached hydrogens (tertiary/aromatic N) is 1. The summed E-state index contributed by atoms with van der Waals surface area (Å²) in [7, 11) is 3.21. The van der Waals surface area contributed by atoms with Gasteiger partial charge in [-0.1, -0.05) is 0 Å². The molecular weight excluding hydrogens is 222 g/mol. The van der Waals surface area contributed by atoms with Crippen LogP contribution in [0.3, 0.4) is 0 Å². The van der Waals surface area contributed by atoms with Crippen molar-refractivity contribution in [3.63, 3.8) is 0 Å². The van der Waals surface area contributed by atoms with Crippen LogP contribution in [0.25, 0.3) is 0 Å². The predicted octanol–water partition coefficient (Wildman–Crippen LogP) is 1.11. The molecule has 0 aliphatic carbocycles. The van der Waals surface area contributed by atoms with Gasteiger partial charge in [-0.15, -0.1) is 0 Å². The molecule has 0 unspecified atom stereocenters. The Labute approximate surface area is 80.0 Å². The van der Waals surface area contributed by atoms with Gasteiger partial charge in [-0.2, -0.15) is 0 Å². The third-order valence-electron chi connectivity index (χ3n) is 1.61. The van der Waals surface area contributed by atoms with Gasteiger partial charge in [0.05, 0.1) is 22.4 Å². The standard InChI is InChI=1S/C8H11BrNO2/c1-6-7(9)4-5-8(11-2)10(6)12-3/h4-5H,1-3H3/q+1. The van der Waals surface area contributed by atoms with Gasteiger partial charge >= 0.3 is 5.88 Å². The molecule has 12 heavy (non-hydrogen) atoms. The van der Waals surface area contributed by atoms with Crippen molar-refractivity contribution in [3.8, 4) is 5.88 Å². The Hall–Kier alpha value is -0.770. The molecule has 0 radical (unpaired) electrons. The number of halogens is 1. The van der Waals surface area contributed by atoms with Crippen molar-refractivity contribution >= 4 is 15.9 Å². The van der Waals surface area contributed by atoms with Crippen molar-refractivity contribution in [2.24, 2.45) is 0 Å². The van der Waals surface area contributed by atoms with E-state index in [0.29, 0.717) is 5.88 Å². The first-order chi connectivity index (χ1) is 5.70. The lowest BCUT2D eigenvalue weighted by Crippen LogP contribution is -2.44. The highest BCUT2D eigenvalue weighted by molar-refractivity contribution is 9.10. The zero-order chi connectivity index (χ0) is 9.14. The van der Waals surface area contributed by atoms with Crippen molar-refractivity contribution < 1.29 is 14.3 Å². The Balaban J connectivity index is 3.25. The lowest BCUT2D eigenvalue weighted by molar-refractivity contribution is -0.891. The Bertz CT molecular complexity index is 289. The lowest BCUT2D eigenvalue weighted by Gasteiger charge is -2.01. The first-order valence-electron chi connectivity index (χ1n) is 3.50. The molecular formula is C8H11BrNO2+. The Morgan fingerprint density at radius 3 is 2.50 bits per heavy atom. The van der Waals surface area contributed by atoms with Crippen molar-refractivity contribution in [2.75, 3.05) is 14.2 Å². The van der Waals surface area contributed by atoms with Crippen LogP contribution in [0.1, 0.15) is 5.69 Å². The summed E-state index contributed by atoms with van der Waals surface area (Å²) in [5.41, 5.74) is 0.969. The maximum atomic E-state index is 5.11. The van der Waals surface area contributed by atoms with Crippen molar-refractivity contribution in [1.82, 2.24) is 0 Å². The van der Waals surface area contributed by atoms with Gasteiger partial charge < -0.3 is 4.74 Å². The van der Waals surface area contributed by atoms with Gasteiger partial charge in [-0.25, -0.2) is 0 Å². The number of aromatic nitrogens is 1. The summed E-state index contributed by atoms with van der Waals surface area (Å²) in [5, 5.41) is 0. The monoisotopic (exact) mass is 232 g/mol. The van der Waals surface area contributed by atoms with Crippen LogP contribution in [0.15, 0.2) is 16.6 Å². The van der Waals surface area contributed by atoms with Gasteiger partial charge in [-0.05, 0) is 22.0 Å². The summed E-state index contributed by atoms with van der Waals surface area (Å²) in [5.74, 6) is 0.679. The van der Waals surface area contributed by atoms with Crippen molar-refractivity contribution in [2.45, 2.75) is 6.92 Å². The van der Waals surface area contributed by atoms with Gasteiger partial charge in [0.2, 0.25) is 5.69 Å². The normalized spacial score (nSPS) is 9.67. The van der Waals surface area contributed by atoms with E-state index in [1.54, 1.807) is 19.0 Å². The van der Waals surface area contributed by atoms with E-state index in [1.165, 1.54) is 0 Å². The summed E-state index contributed by atoms with van der Waals surface area (Å²) in [6, 6.07) is 3.75. The summed E-state index contributed by atoms with van der Waals surface area (Å²) in [6.45, 7) is 1.94. The first kappa shape index (κ1) is 9.32. The molecule has 0 bridgehead atoms. The third-order valence-corrected chi connectivity index (χ3v) is 2.45. The maximum absolute atomic E-state index is 5.11. The number of hydrogen-bond donors (Lipinski definition) is 0. The van der Waals surface area contributed by atoms with E-state index in [0.717, 1.165) is 10.2 Å². The van der Waals surface area contributed by atoms with Crippen LogP contribution in [0.4, 0.5) is 0 Å². The number of pyridine rings is 1. The van der Waals surface area contributed by atoms with Crippen molar-refractivity contribution in [1.29, 1.82) is 0 Å². The summed E-state index contributed by atoms with van der Waals surface area (Å²) < 4.78 is 7.70. The van der Waals surface area contributed by atoms with Crippen LogP contribution < -0.4 is 14.3 Å². The van der Waals surface area contributed by atoms with Gasteiger partial charge in [0.15, 0.2) is 0 Å². The molecule has 3 nitrogen and oxygen atoms in total. The van der Waals surface area contributed by atoms with E-state index in [1.807, 2.05) is 19.1 Å². The number of methoxy groups -OCH3 is 1. The number of rotatable bonds is 2. The fourth-order valence-electron chi connectivity index (χ4n) is 0.973. The van der Waals surface area contributed by atoms with E-state index in [4.69, 9.17) is 9.57 Å². The highest BCUT2D eigenvalue weighted by Gasteiger charge is 2.18. The molecule has 0 aliphatic rings. The van der Waals surface area contributed by atoms with Crippen LogP contribution in [-0.2, 0) is 0 Å². The molecule has 1 aromatic heterocycles. The predicted molar refractivity (Wildman–Crippen MR) is 48.1 cm³/mol. The van der Waals surface area contributed by atoms with E-state index >= 15 is 0 Å². The molecule has 66 valence electrons. The van der Waals surface area contributed by atoms with Gasteiger partial charge in [0.25, 0.3) is 0 Å². The van der Waals surface area contributed by atoms with Crippen molar-refractivity contribution in [3.05, 3.63) is 22.3 Å². The number of hydrogen-bond acceptors (Lipinski definition) is 2. The zero-order valence-corrected chi connectivity index (χ0v) is 8.88. The molecule has 0 fully saturated rings. The second kappa shape index (κ2) is 3.76. The largest absolute Gasteiger partial charge is 0.445 e. The molecule has 0 saturated heterocycles. The number of ether oxygens (including phenoxy) is 1. The summed E-state index contributed by atoms with van der Waals surface area (Å²) in [4.78, 5) is 5.11. The second-order valence-corrected chi connectivity index (χ2v) is 3.14. The van der Waals surface area contributed by atoms with Crippen LogP contribution in [-0.4, -0.2) is 14.2 Å². The first-order valence-corrected chi connectivity index (χ1v) is 4.29. The molecule has 0 N–H and O–H groups in total. The van der Waals surface area contributed by atoms with E-state index < -0.39 is 0 Å². The molecule has 1 aromatic rings. The molecule has 0 amide bonds. The molecule has 0 aliphatic heterocycles. The van der Waals surface area contributed by atoms with Crippen LogP contribution >= 0.6 is 15.9 Å². The summed E-state index contributed by atoms with van der Waals surface area (Å²) in [6.07, 6.45) is 0. The smallest absolute Gasteiger partial charge is 0.417 e. The third kappa shape index (κ3) is 1.53.